The van der Waals surface area contributed by atoms with Crippen molar-refractivity contribution in [3.63, 3.8) is 0 Å². The third-order valence-electron chi connectivity index (χ3n) is 8.18. The van der Waals surface area contributed by atoms with Gasteiger partial charge in [-0.1, -0.05) is 40.5 Å². The molecule has 264 valence electrons. The van der Waals surface area contributed by atoms with Crippen molar-refractivity contribution in [1.29, 1.82) is 0 Å². The molecule has 5 rings (SSSR count). The molecule has 0 bridgehead atoms. The van der Waals surface area contributed by atoms with Crippen LogP contribution in [0.2, 0.25) is 10.0 Å². The van der Waals surface area contributed by atoms with Gasteiger partial charge in [0, 0.05) is 32.8 Å². The molecule has 49 heavy (non-hydrogen) atoms. The number of carbonyl (C=O) groups is 2. The third-order valence-corrected chi connectivity index (χ3v) is 8.91. The first kappa shape index (κ1) is 36.6. The van der Waals surface area contributed by atoms with Crippen molar-refractivity contribution in [3.8, 4) is 5.75 Å². The number of aliphatic hydroxyl groups excluding tert-OH is 3. The molecule has 1 aliphatic rings. The summed E-state index contributed by atoms with van der Waals surface area (Å²) in [5.41, 5.74) is 2.67. The summed E-state index contributed by atoms with van der Waals surface area (Å²) < 4.78 is 38.0. The minimum atomic E-state index is -1.54. The van der Waals surface area contributed by atoms with E-state index in [1.54, 1.807) is 17.8 Å². The van der Waals surface area contributed by atoms with Crippen LogP contribution in [0.15, 0.2) is 36.5 Å². The molecule has 3 N–H and O–H groups in total. The number of methoxy groups -OCH3 is 1. The summed E-state index contributed by atoms with van der Waals surface area (Å²) >= 11 is 13.2. The monoisotopic (exact) mass is 723 g/mol. The van der Waals surface area contributed by atoms with Crippen molar-refractivity contribution < 1.29 is 48.2 Å². The highest BCUT2D eigenvalue weighted by atomic mass is 35.5. The largest absolute Gasteiger partial charge is 0.483 e. The molecule has 2 aromatic carbocycles. The molecular formula is C32H36Cl2FN5O9. The van der Waals surface area contributed by atoms with Crippen LogP contribution in [0.3, 0.4) is 0 Å². The van der Waals surface area contributed by atoms with Gasteiger partial charge in [-0.15, -0.1) is 5.10 Å². The molecule has 0 saturated carbocycles. The first-order chi connectivity index (χ1) is 23.5. The average Bonchev–Trinajstić information content (AvgIpc) is 3.68. The number of halogens is 3. The van der Waals surface area contributed by atoms with Crippen LogP contribution in [0.25, 0.3) is 11.0 Å². The van der Waals surface area contributed by atoms with Gasteiger partial charge in [-0.05, 0) is 49.9 Å². The number of hydrogen-bond donors (Lipinski definition) is 3. The number of hydrogen-bond acceptors (Lipinski definition) is 12. The van der Waals surface area contributed by atoms with Crippen LogP contribution in [0.1, 0.15) is 46.7 Å². The first-order valence-corrected chi connectivity index (χ1v) is 16.3. The molecule has 0 unspecified atom stereocenters. The molecule has 0 radical (unpaired) electrons. The predicted octanol–water partition coefficient (Wildman–Crippen LogP) is 3.34. The molecule has 1 fully saturated rings. The van der Waals surface area contributed by atoms with Crippen LogP contribution in [0.5, 0.6) is 5.75 Å². The summed E-state index contributed by atoms with van der Waals surface area (Å²) in [6, 6.07) is 7.59. The maximum atomic E-state index is 13.2. The van der Waals surface area contributed by atoms with E-state index in [2.05, 4.69) is 10.3 Å². The molecule has 0 amide bonds. The summed E-state index contributed by atoms with van der Waals surface area (Å²) in [6.45, 7) is 1.92. The van der Waals surface area contributed by atoms with E-state index in [4.69, 9.17) is 47.1 Å². The predicted molar refractivity (Wildman–Crippen MR) is 173 cm³/mol. The SMILES string of the molecule is CO[C@H]1O[C@H](CO)[C@@H](O)[C@H](OC(=O)c2cc(Cl)c(OCc3nc4ccccc4n3CCCc3cn(CCCC(=O)F)nn3)c(Cl)c2C)[C@H]1O. The van der Waals surface area contributed by atoms with Gasteiger partial charge in [-0.2, -0.15) is 4.39 Å². The minimum absolute atomic E-state index is 0.0117. The fourth-order valence-corrected chi connectivity index (χ4v) is 6.16. The number of imidazole rings is 1. The zero-order valence-corrected chi connectivity index (χ0v) is 28.2. The van der Waals surface area contributed by atoms with Crippen molar-refractivity contribution in [2.75, 3.05) is 13.7 Å². The normalized spacial score (nSPS) is 20.9. The number of aromatic nitrogens is 5. The van der Waals surface area contributed by atoms with Gasteiger partial charge in [0.2, 0.25) is 0 Å². The smallest absolute Gasteiger partial charge is 0.338 e. The van der Waals surface area contributed by atoms with Crippen molar-refractivity contribution in [2.45, 2.75) is 83.0 Å². The van der Waals surface area contributed by atoms with Crippen LogP contribution in [0.4, 0.5) is 4.39 Å². The van der Waals surface area contributed by atoms with Crippen LogP contribution >= 0.6 is 23.2 Å². The lowest BCUT2D eigenvalue weighted by molar-refractivity contribution is -0.293. The maximum absolute atomic E-state index is 13.2. The van der Waals surface area contributed by atoms with Crippen LogP contribution in [0, 0.1) is 6.92 Å². The Morgan fingerprint density at radius 2 is 1.90 bits per heavy atom. The summed E-state index contributed by atoms with van der Waals surface area (Å²) in [5.74, 6) is -0.211. The van der Waals surface area contributed by atoms with Crippen LogP contribution in [-0.2, 0) is 45.1 Å². The second kappa shape index (κ2) is 16.3. The molecule has 0 aliphatic carbocycles. The van der Waals surface area contributed by atoms with E-state index < -0.39 is 49.3 Å². The molecule has 4 aromatic rings. The van der Waals surface area contributed by atoms with Crippen molar-refractivity contribution in [1.82, 2.24) is 24.5 Å². The first-order valence-electron chi connectivity index (χ1n) is 15.5. The number of aliphatic hydroxyl groups is 3. The fourth-order valence-electron chi connectivity index (χ4n) is 5.59. The van der Waals surface area contributed by atoms with E-state index in [0.29, 0.717) is 38.2 Å². The average molecular weight is 725 g/mol. The Hall–Kier alpha value is -3.70. The number of nitrogens with zero attached hydrogens (tertiary/aromatic N) is 5. The molecule has 1 saturated heterocycles. The summed E-state index contributed by atoms with van der Waals surface area (Å²) in [7, 11) is 1.26. The van der Waals surface area contributed by atoms with E-state index >= 15 is 0 Å². The van der Waals surface area contributed by atoms with E-state index in [-0.39, 0.29) is 39.9 Å². The number of ether oxygens (including phenoxy) is 4. The molecule has 0 spiro atoms. The Balaban J connectivity index is 1.27. The Morgan fingerprint density at radius 3 is 2.63 bits per heavy atom. The van der Waals surface area contributed by atoms with E-state index in [9.17, 15) is 29.3 Å². The molecule has 1 aliphatic heterocycles. The quantitative estimate of drug-likeness (QED) is 0.120. The second-order valence-corrected chi connectivity index (χ2v) is 12.3. The van der Waals surface area contributed by atoms with Gasteiger partial charge in [0.25, 0.3) is 0 Å². The molecule has 3 heterocycles. The van der Waals surface area contributed by atoms with Crippen LogP contribution in [-0.4, -0.2) is 96.3 Å². The highest BCUT2D eigenvalue weighted by Gasteiger charge is 2.47. The third kappa shape index (κ3) is 8.37. The zero-order valence-electron chi connectivity index (χ0n) is 26.7. The van der Waals surface area contributed by atoms with Crippen LogP contribution < -0.4 is 4.74 Å². The minimum Gasteiger partial charge on any atom is -0.483 e. The van der Waals surface area contributed by atoms with Gasteiger partial charge >= 0.3 is 12.0 Å². The molecule has 14 nitrogen and oxygen atoms in total. The van der Waals surface area contributed by atoms with E-state index in [0.717, 1.165) is 16.7 Å². The number of para-hydroxylation sites is 2. The highest BCUT2D eigenvalue weighted by molar-refractivity contribution is 6.38. The Labute approximate surface area is 290 Å². The molecular weight excluding hydrogens is 688 g/mol. The lowest BCUT2D eigenvalue weighted by atomic mass is 9.98. The van der Waals surface area contributed by atoms with E-state index in [1.807, 2.05) is 28.8 Å². The second-order valence-electron chi connectivity index (χ2n) is 11.5. The number of esters is 1. The Bertz CT molecular complexity index is 1770. The van der Waals surface area contributed by atoms with Crippen molar-refractivity contribution in [2.24, 2.45) is 0 Å². The molecule has 17 heteroatoms. The van der Waals surface area contributed by atoms with E-state index in [1.165, 1.54) is 13.2 Å². The zero-order chi connectivity index (χ0) is 35.2. The van der Waals surface area contributed by atoms with Gasteiger partial charge in [0.1, 0.15) is 30.7 Å². The van der Waals surface area contributed by atoms with Gasteiger partial charge < -0.3 is 38.8 Å². The number of fused-ring (bicyclic) bond motifs is 1. The standard InChI is InChI=1S/C32H36Cl2FN5O9/c1-17-19(31(45)49-30-27(43)23(15-41)48-32(46-2)28(30)44)13-20(33)29(26(17)34)47-16-25-36-21-8-3-4-9-22(21)40(25)12-5-7-18-14-39(38-37-18)11-6-10-24(35)42/h3-4,8-9,13-14,23,27-28,30,32,41,43-44H,5-7,10-12,15-16H2,1-2H3/t23-,27-,28-,30+,32+/m1/s1. The fraction of sp³-hybridized carbons (Fsp3) is 0.469. The van der Waals surface area contributed by atoms with Gasteiger partial charge in [0.15, 0.2) is 18.1 Å². The summed E-state index contributed by atoms with van der Waals surface area (Å²) in [5, 5.41) is 39.0. The topological polar surface area (TPSA) is 180 Å². The Morgan fingerprint density at radius 1 is 1.12 bits per heavy atom. The number of aryl methyl sites for hydroxylation is 3. The lowest BCUT2D eigenvalue weighted by Gasteiger charge is -2.40. The number of rotatable bonds is 15. The molecule has 5 atom stereocenters. The molecule has 2 aromatic heterocycles. The Kier molecular flexibility index (Phi) is 12.2. The van der Waals surface area contributed by atoms with Crippen molar-refractivity contribution in [3.05, 3.63) is 69.2 Å². The summed E-state index contributed by atoms with van der Waals surface area (Å²) in [6.07, 6.45) is -3.71. The number of carbonyl (C=O) groups excluding carboxylic acids is 2. The highest BCUT2D eigenvalue weighted by Crippen LogP contribution is 2.39. The maximum Gasteiger partial charge on any atom is 0.338 e. The van der Waals surface area contributed by atoms with Gasteiger partial charge in [-0.25, -0.2) is 9.78 Å². The van der Waals surface area contributed by atoms with Crippen molar-refractivity contribution >= 4 is 46.2 Å². The van der Waals surface area contributed by atoms with Gasteiger partial charge in [-0.3, -0.25) is 9.48 Å². The number of benzene rings is 2. The van der Waals surface area contributed by atoms with Gasteiger partial charge in [0.05, 0.1) is 38.9 Å². The lowest BCUT2D eigenvalue weighted by Crippen LogP contribution is -2.60. The summed E-state index contributed by atoms with van der Waals surface area (Å²) in [4.78, 5) is 28.5.